The van der Waals surface area contributed by atoms with E-state index in [4.69, 9.17) is 4.98 Å². The number of nitrogens with one attached hydrogen (secondary N) is 1. The molecular weight excluding hydrogens is 354 g/mol. The number of piperazine rings is 1. The first-order valence-corrected chi connectivity index (χ1v) is 9.60. The highest BCUT2D eigenvalue weighted by molar-refractivity contribution is 5.91. The molecule has 2 unspecified atom stereocenters. The van der Waals surface area contributed by atoms with E-state index in [9.17, 15) is 4.79 Å². The van der Waals surface area contributed by atoms with Crippen LogP contribution in [0.3, 0.4) is 0 Å². The Hall–Kier alpha value is -3.00. The van der Waals surface area contributed by atoms with Gasteiger partial charge in [-0.15, -0.1) is 0 Å². The summed E-state index contributed by atoms with van der Waals surface area (Å²) in [6, 6.07) is 6.31. The number of hydrogen-bond donors (Lipinski definition) is 1. The fraction of sp³-hybridized carbons (Fsp3) is 0.400. The molecule has 2 amide bonds. The van der Waals surface area contributed by atoms with Gasteiger partial charge in [0.05, 0.1) is 17.4 Å². The summed E-state index contributed by atoms with van der Waals surface area (Å²) in [5, 5.41) is 8.12. The van der Waals surface area contributed by atoms with Crippen molar-refractivity contribution in [2.45, 2.75) is 24.9 Å². The average molecular weight is 377 g/mol. The molecule has 2 fully saturated rings. The van der Waals surface area contributed by atoms with E-state index < -0.39 is 0 Å². The molecule has 0 aromatic carbocycles. The lowest BCUT2D eigenvalue weighted by Crippen LogP contribution is -2.55. The summed E-state index contributed by atoms with van der Waals surface area (Å²) >= 11 is 0. The van der Waals surface area contributed by atoms with Gasteiger partial charge in [-0.1, -0.05) is 0 Å². The lowest BCUT2D eigenvalue weighted by molar-refractivity contribution is 0.111. The second-order valence-electron chi connectivity index (χ2n) is 7.81. The van der Waals surface area contributed by atoms with E-state index in [-0.39, 0.29) is 6.03 Å². The average Bonchev–Trinajstić information content (AvgIpc) is 3.22. The Morgan fingerprint density at radius 2 is 1.93 bits per heavy atom. The van der Waals surface area contributed by atoms with Crippen molar-refractivity contribution in [3.8, 4) is 11.3 Å². The SMILES string of the molecule is CN1CC2CCC(C1)N2C(=O)Nc1cc2nc(-c3cnn(C)c3)ccc2cn1. The van der Waals surface area contributed by atoms with Crippen LogP contribution in [-0.2, 0) is 7.05 Å². The molecule has 0 saturated carbocycles. The molecular formula is C20H23N7O. The van der Waals surface area contributed by atoms with Gasteiger partial charge >= 0.3 is 6.03 Å². The summed E-state index contributed by atoms with van der Waals surface area (Å²) in [5.41, 5.74) is 2.61. The van der Waals surface area contributed by atoms with E-state index in [2.05, 4.69) is 27.3 Å². The topological polar surface area (TPSA) is 79.2 Å². The Labute approximate surface area is 163 Å². The number of fused-ring (bicyclic) bond motifs is 3. The van der Waals surface area contributed by atoms with E-state index in [0.29, 0.717) is 17.9 Å². The van der Waals surface area contributed by atoms with E-state index >= 15 is 0 Å². The molecule has 5 rings (SSSR count). The molecule has 2 aliphatic rings. The molecule has 2 atom stereocenters. The third kappa shape index (κ3) is 2.99. The van der Waals surface area contributed by atoms with E-state index in [1.807, 2.05) is 36.3 Å². The van der Waals surface area contributed by atoms with E-state index in [0.717, 1.165) is 48.1 Å². The predicted octanol–water partition coefficient (Wildman–Crippen LogP) is 2.34. The van der Waals surface area contributed by atoms with Crippen LogP contribution in [0.25, 0.3) is 22.2 Å². The smallest absolute Gasteiger partial charge is 0.316 e. The quantitative estimate of drug-likeness (QED) is 0.742. The fourth-order valence-electron chi connectivity index (χ4n) is 4.42. The molecule has 8 heteroatoms. The molecule has 8 nitrogen and oxygen atoms in total. The molecule has 0 radical (unpaired) electrons. The van der Waals surface area contributed by atoms with Crippen LogP contribution in [0.4, 0.5) is 10.6 Å². The highest BCUT2D eigenvalue weighted by Crippen LogP contribution is 2.30. The maximum absolute atomic E-state index is 12.9. The molecule has 2 aliphatic heterocycles. The maximum Gasteiger partial charge on any atom is 0.323 e. The summed E-state index contributed by atoms with van der Waals surface area (Å²) in [7, 11) is 4.00. The second kappa shape index (κ2) is 6.56. The van der Waals surface area contributed by atoms with Gasteiger partial charge in [-0.05, 0) is 32.0 Å². The Balaban J connectivity index is 1.39. The lowest BCUT2D eigenvalue weighted by Gasteiger charge is -2.39. The van der Waals surface area contributed by atoms with Crippen molar-refractivity contribution >= 4 is 22.8 Å². The van der Waals surface area contributed by atoms with Crippen LogP contribution in [0, 0.1) is 0 Å². The molecule has 1 N–H and O–H groups in total. The van der Waals surface area contributed by atoms with Crippen molar-refractivity contribution in [2.24, 2.45) is 7.05 Å². The first-order chi connectivity index (χ1) is 13.6. The number of pyridine rings is 2. The lowest BCUT2D eigenvalue weighted by atomic mass is 10.2. The van der Waals surface area contributed by atoms with Gasteiger partial charge in [0.2, 0.25) is 0 Å². The normalized spacial score (nSPS) is 22.0. The molecule has 144 valence electrons. The van der Waals surface area contributed by atoms with Crippen molar-refractivity contribution < 1.29 is 4.79 Å². The van der Waals surface area contributed by atoms with Crippen molar-refractivity contribution in [3.63, 3.8) is 0 Å². The number of rotatable bonds is 2. The van der Waals surface area contributed by atoms with Gasteiger partial charge in [0, 0.05) is 61.6 Å². The molecule has 2 bridgehead atoms. The predicted molar refractivity (Wildman–Crippen MR) is 107 cm³/mol. The number of likely N-dealkylation sites (N-methyl/N-ethyl adjacent to an activating group) is 1. The van der Waals surface area contributed by atoms with Crippen molar-refractivity contribution in [1.29, 1.82) is 0 Å². The largest absolute Gasteiger partial charge is 0.323 e. The molecule has 28 heavy (non-hydrogen) atoms. The zero-order valence-corrected chi connectivity index (χ0v) is 16.0. The van der Waals surface area contributed by atoms with Crippen LogP contribution in [0.2, 0.25) is 0 Å². The Morgan fingerprint density at radius 3 is 2.64 bits per heavy atom. The Morgan fingerprint density at radius 1 is 1.14 bits per heavy atom. The number of nitrogens with zero attached hydrogens (tertiary/aromatic N) is 6. The third-order valence-electron chi connectivity index (χ3n) is 5.71. The van der Waals surface area contributed by atoms with Crippen molar-refractivity contribution in [1.82, 2.24) is 29.5 Å². The fourth-order valence-corrected chi connectivity index (χ4v) is 4.42. The van der Waals surface area contributed by atoms with Crippen LogP contribution in [0.1, 0.15) is 12.8 Å². The number of anilines is 1. The molecule has 0 spiro atoms. The van der Waals surface area contributed by atoms with Crippen molar-refractivity contribution in [3.05, 3.63) is 36.8 Å². The summed E-state index contributed by atoms with van der Waals surface area (Å²) in [4.78, 5) is 26.3. The van der Waals surface area contributed by atoms with Gasteiger partial charge in [-0.25, -0.2) is 14.8 Å². The highest BCUT2D eigenvalue weighted by Gasteiger charge is 2.41. The minimum atomic E-state index is -0.0594. The number of aryl methyl sites for hydroxylation is 1. The van der Waals surface area contributed by atoms with Gasteiger partial charge in [-0.3, -0.25) is 10.00 Å². The third-order valence-corrected chi connectivity index (χ3v) is 5.71. The number of aromatic nitrogens is 4. The standard InChI is InChI=1S/C20H23N7O/c1-25-11-15-4-5-16(12-25)27(15)20(28)24-19-7-18-13(8-21-19)3-6-17(23-18)14-9-22-26(2)10-14/h3,6-10,15-16H,4-5,11-12H2,1-2H3,(H,21,24,28). The summed E-state index contributed by atoms with van der Waals surface area (Å²) < 4.78 is 1.75. The molecule has 5 heterocycles. The minimum absolute atomic E-state index is 0.0594. The Kier molecular flexibility index (Phi) is 4.01. The number of urea groups is 1. The number of amides is 2. The number of carbonyl (C=O) groups excluding carboxylic acids is 1. The van der Waals surface area contributed by atoms with Gasteiger partial charge in [0.25, 0.3) is 0 Å². The zero-order valence-electron chi connectivity index (χ0n) is 16.0. The molecule has 2 saturated heterocycles. The minimum Gasteiger partial charge on any atom is -0.316 e. The van der Waals surface area contributed by atoms with Crippen molar-refractivity contribution in [2.75, 3.05) is 25.5 Å². The van der Waals surface area contributed by atoms with Gasteiger partial charge in [0.1, 0.15) is 5.82 Å². The first-order valence-electron chi connectivity index (χ1n) is 9.60. The van der Waals surface area contributed by atoms with Crippen LogP contribution in [0.5, 0.6) is 0 Å². The van der Waals surface area contributed by atoms with Gasteiger partial charge in [0.15, 0.2) is 0 Å². The van der Waals surface area contributed by atoms with Crippen LogP contribution in [-0.4, -0.2) is 67.8 Å². The zero-order chi connectivity index (χ0) is 19.3. The summed E-state index contributed by atoms with van der Waals surface area (Å²) in [6.07, 6.45) is 7.62. The molecule has 3 aromatic heterocycles. The van der Waals surface area contributed by atoms with Crippen LogP contribution >= 0.6 is 0 Å². The first kappa shape index (κ1) is 17.1. The van der Waals surface area contributed by atoms with E-state index in [1.165, 1.54) is 0 Å². The van der Waals surface area contributed by atoms with Gasteiger partial charge in [-0.2, -0.15) is 5.10 Å². The summed E-state index contributed by atoms with van der Waals surface area (Å²) in [6.45, 7) is 1.87. The highest BCUT2D eigenvalue weighted by atomic mass is 16.2. The van der Waals surface area contributed by atoms with E-state index in [1.54, 1.807) is 17.1 Å². The Bertz CT molecular complexity index is 1030. The van der Waals surface area contributed by atoms with Crippen LogP contribution in [0.15, 0.2) is 36.8 Å². The maximum atomic E-state index is 12.9. The molecule has 0 aliphatic carbocycles. The number of likely N-dealkylation sites (tertiary alicyclic amines) is 1. The second-order valence-corrected chi connectivity index (χ2v) is 7.81. The molecule has 3 aromatic rings. The number of carbonyl (C=O) groups is 1. The monoisotopic (exact) mass is 377 g/mol. The van der Waals surface area contributed by atoms with Gasteiger partial charge < -0.3 is 9.80 Å². The number of hydrogen-bond acceptors (Lipinski definition) is 5. The van der Waals surface area contributed by atoms with Crippen LogP contribution < -0.4 is 5.32 Å². The summed E-state index contributed by atoms with van der Waals surface area (Å²) in [5.74, 6) is 0.534.